The van der Waals surface area contributed by atoms with Crippen molar-refractivity contribution in [1.29, 1.82) is 0 Å². The molecule has 0 aromatic carbocycles. The Kier molecular flexibility index (Phi) is 4.96. The van der Waals surface area contributed by atoms with Gasteiger partial charge in [-0.15, -0.1) is 0 Å². The van der Waals surface area contributed by atoms with Gasteiger partial charge in [0.1, 0.15) is 5.15 Å². The lowest BCUT2D eigenvalue weighted by molar-refractivity contribution is -0.110. The molecule has 0 saturated heterocycles. The quantitative estimate of drug-likeness (QED) is 0.633. The second kappa shape index (κ2) is 5.87. The van der Waals surface area contributed by atoms with E-state index in [0.29, 0.717) is 6.54 Å². The molecule has 1 aromatic rings. The second-order valence-corrected chi connectivity index (χ2v) is 5.87. The summed E-state index contributed by atoms with van der Waals surface area (Å²) >= 11 is 11.7. The number of rotatable bonds is 3. The first-order valence-corrected chi connectivity index (χ1v) is 6.17. The summed E-state index contributed by atoms with van der Waals surface area (Å²) in [6.45, 7) is 6.47. The molecule has 6 heteroatoms. The van der Waals surface area contributed by atoms with E-state index in [0.717, 1.165) is 0 Å². The van der Waals surface area contributed by atoms with Crippen molar-refractivity contribution in [2.75, 3.05) is 13.7 Å². The van der Waals surface area contributed by atoms with Crippen LogP contribution in [0, 0.1) is 5.41 Å². The molecule has 0 bridgehead atoms. The lowest BCUT2D eigenvalue weighted by Gasteiger charge is -2.27. The van der Waals surface area contributed by atoms with Crippen LogP contribution in [0.5, 0.6) is 0 Å². The number of carbonyl (C=O) groups excluding carboxylic acids is 1. The average molecular weight is 291 g/mol. The minimum absolute atomic E-state index is 0.0883. The van der Waals surface area contributed by atoms with E-state index < -0.39 is 0 Å². The highest BCUT2D eigenvalue weighted by Gasteiger charge is 2.24. The number of aromatic nitrogens is 1. The van der Waals surface area contributed by atoms with E-state index in [1.807, 2.05) is 20.8 Å². The summed E-state index contributed by atoms with van der Waals surface area (Å²) in [7, 11) is 1.44. The smallest absolute Gasteiger partial charge is 0.274 e. The van der Waals surface area contributed by atoms with E-state index >= 15 is 0 Å². The van der Waals surface area contributed by atoms with Crippen LogP contribution in [0.15, 0.2) is 12.3 Å². The van der Waals surface area contributed by atoms with Crippen LogP contribution in [0.1, 0.15) is 31.1 Å². The maximum absolute atomic E-state index is 12.3. The fourth-order valence-corrected chi connectivity index (χ4v) is 1.70. The molecule has 0 aliphatic carbocycles. The normalized spacial score (nSPS) is 11.4. The van der Waals surface area contributed by atoms with Crippen LogP contribution >= 0.6 is 23.2 Å². The first kappa shape index (κ1) is 15.2. The third kappa shape index (κ3) is 4.12. The van der Waals surface area contributed by atoms with Crippen LogP contribution in [0.25, 0.3) is 0 Å². The Morgan fingerprint density at radius 1 is 1.44 bits per heavy atom. The number of nitrogens with zero attached hydrogens (tertiary/aromatic N) is 2. The molecule has 0 unspecified atom stereocenters. The molecule has 0 aliphatic rings. The fourth-order valence-electron chi connectivity index (χ4n) is 1.36. The number of carbonyl (C=O) groups is 1. The molecule has 0 atom stereocenters. The highest BCUT2D eigenvalue weighted by molar-refractivity contribution is 6.35. The predicted molar refractivity (Wildman–Crippen MR) is 71.8 cm³/mol. The Labute approximate surface area is 117 Å². The summed E-state index contributed by atoms with van der Waals surface area (Å²) in [6, 6.07) is 1.43. The average Bonchev–Trinajstić information content (AvgIpc) is 2.27. The molecule has 4 nitrogen and oxygen atoms in total. The Morgan fingerprint density at radius 2 is 2.06 bits per heavy atom. The third-order valence-electron chi connectivity index (χ3n) is 2.12. The van der Waals surface area contributed by atoms with Crippen LogP contribution in [0.4, 0.5) is 0 Å². The molecule has 0 aliphatic heterocycles. The zero-order valence-corrected chi connectivity index (χ0v) is 12.3. The summed E-state index contributed by atoms with van der Waals surface area (Å²) < 4.78 is 0. The summed E-state index contributed by atoms with van der Waals surface area (Å²) in [4.78, 5) is 21.2. The zero-order chi connectivity index (χ0) is 13.9. The van der Waals surface area contributed by atoms with Gasteiger partial charge in [-0.2, -0.15) is 0 Å². The Morgan fingerprint density at radius 3 is 2.56 bits per heavy atom. The molecule has 1 heterocycles. The Bertz CT molecular complexity index is 444. The molecule has 0 radical (unpaired) electrons. The number of hydrogen-bond donors (Lipinski definition) is 0. The number of amides is 1. The Balaban J connectivity index is 3.00. The largest absolute Gasteiger partial charge is 0.279 e. The topological polar surface area (TPSA) is 42.4 Å². The standard InChI is InChI=1S/C12H16Cl2N2O2/c1-12(2,3)7-16(18-4)11(17)8-5-10(14)15-6-9(8)13/h5-6H,7H2,1-4H3. The van der Waals surface area contributed by atoms with Gasteiger partial charge in [0.2, 0.25) is 0 Å². The molecule has 0 fully saturated rings. The number of pyridine rings is 1. The van der Waals surface area contributed by atoms with Gasteiger partial charge >= 0.3 is 0 Å². The van der Waals surface area contributed by atoms with Crippen molar-refractivity contribution < 1.29 is 9.63 Å². The molecule has 0 N–H and O–H groups in total. The monoisotopic (exact) mass is 290 g/mol. The maximum atomic E-state index is 12.3. The number of halogens is 2. The van der Waals surface area contributed by atoms with Gasteiger partial charge in [-0.3, -0.25) is 9.63 Å². The van der Waals surface area contributed by atoms with Crippen molar-refractivity contribution in [3.8, 4) is 0 Å². The van der Waals surface area contributed by atoms with E-state index in [1.54, 1.807) is 0 Å². The van der Waals surface area contributed by atoms with Gasteiger partial charge in [-0.05, 0) is 11.5 Å². The summed E-state index contributed by atoms with van der Waals surface area (Å²) in [6.07, 6.45) is 1.35. The molecule has 0 saturated carbocycles. The van der Waals surface area contributed by atoms with Crippen LogP contribution in [-0.4, -0.2) is 29.6 Å². The zero-order valence-electron chi connectivity index (χ0n) is 10.8. The molecular formula is C12H16Cl2N2O2. The minimum Gasteiger partial charge on any atom is -0.274 e. The van der Waals surface area contributed by atoms with E-state index in [4.69, 9.17) is 28.0 Å². The van der Waals surface area contributed by atoms with Crippen molar-refractivity contribution in [2.24, 2.45) is 5.41 Å². The lowest BCUT2D eigenvalue weighted by Crippen LogP contribution is -2.37. The van der Waals surface area contributed by atoms with Crippen molar-refractivity contribution in [3.05, 3.63) is 28.0 Å². The summed E-state index contributed by atoms with van der Waals surface area (Å²) in [5.41, 5.74) is 0.192. The second-order valence-electron chi connectivity index (χ2n) is 5.07. The van der Waals surface area contributed by atoms with Crippen LogP contribution in [-0.2, 0) is 4.84 Å². The number of hydrogen-bond acceptors (Lipinski definition) is 3. The van der Waals surface area contributed by atoms with Gasteiger partial charge in [0.25, 0.3) is 5.91 Å². The van der Waals surface area contributed by atoms with E-state index in [2.05, 4.69) is 4.98 Å². The molecule has 1 aromatic heterocycles. The highest BCUT2D eigenvalue weighted by Crippen LogP contribution is 2.22. The molecule has 100 valence electrons. The first-order chi connectivity index (χ1) is 8.24. The minimum atomic E-state index is -0.332. The summed E-state index contributed by atoms with van der Waals surface area (Å²) in [5, 5.41) is 1.73. The number of hydroxylamine groups is 2. The first-order valence-electron chi connectivity index (χ1n) is 5.41. The predicted octanol–water partition coefficient (Wildman–Crippen LogP) is 3.44. The van der Waals surface area contributed by atoms with Crippen molar-refractivity contribution in [3.63, 3.8) is 0 Å². The molecule has 1 amide bonds. The molecule has 0 spiro atoms. The molecule has 18 heavy (non-hydrogen) atoms. The van der Waals surface area contributed by atoms with Gasteiger partial charge in [0.15, 0.2) is 0 Å². The van der Waals surface area contributed by atoms with Crippen molar-refractivity contribution in [2.45, 2.75) is 20.8 Å². The van der Waals surface area contributed by atoms with Gasteiger partial charge in [0.05, 0.1) is 24.2 Å². The van der Waals surface area contributed by atoms with E-state index in [9.17, 15) is 4.79 Å². The Hall–Kier alpha value is -0.840. The van der Waals surface area contributed by atoms with Gasteiger partial charge in [0, 0.05) is 6.20 Å². The SMILES string of the molecule is CON(CC(C)(C)C)C(=O)c1cc(Cl)ncc1Cl. The summed E-state index contributed by atoms with van der Waals surface area (Å²) in [5.74, 6) is -0.332. The van der Waals surface area contributed by atoms with Crippen LogP contribution in [0.3, 0.4) is 0 Å². The van der Waals surface area contributed by atoms with Crippen LogP contribution < -0.4 is 0 Å². The van der Waals surface area contributed by atoms with E-state index in [-0.39, 0.29) is 27.1 Å². The third-order valence-corrected chi connectivity index (χ3v) is 2.63. The highest BCUT2D eigenvalue weighted by atomic mass is 35.5. The van der Waals surface area contributed by atoms with Crippen LogP contribution in [0.2, 0.25) is 10.2 Å². The van der Waals surface area contributed by atoms with Gasteiger partial charge in [-0.25, -0.2) is 10.0 Å². The molecular weight excluding hydrogens is 275 g/mol. The van der Waals surface area contributed by atoms with Crippen molar-refractivity contribution in [1.82, 2.24) is 10.0 Å². The lowest BCUT2D eigenvalue weighted by atomic mass is 9.96. The fraction of sp³-hybridized carbons (Fsp3) is 0.500. The maximum Gasteiger partial charge on any atom is 0.279 e. The van der Waals surface area contributed by atoms with Gasteiger partial charge in [-0.1, -0.05) is 44.0 Å². The van der Waals surface area contributed by atoms with Gasteiger partial charge < -0.3 is 0 Å². The van der Waals surface area contributed by atoms with Crippen molar-refractivity contribution >= 4 is 29.1 Å². The van der Waals surface area contributed by atoms with E-state index in [1.165, 1.54) is 24.4 Å². The molecule has 1 rings (SSSR count).